The van der Waals surface area contributed by atoms with Gasteiger partial charge in [0.2, 0.25) is 0 Å². The fourth-order valence-electron chi connectivity index (χ4n) is 2.34. The van der Waals surface area contributed by atoms with Crippen LogP contribution < -0.4 is 5.32 Å². The molecule has 112 valence electrons. The summed E-state index contributed by atoms with van der Waals surface area (Å²) in [6.45, 7) is 6.06. The average molecular weight is 408 g/mol. The summed E-state index contributed by atoms with van der Waals surface area (Å²) in [7, 11) is 0. The van der Waals surface area contributed by atoms with Crippen LogP contribution in [0.5, 0.6) is 0 Å². The van der Waals surface area contributed by atoms with E-state index in [1.165, 1.54) is 18.4 Å². The molecule has 0 unspecified atom stereocenters. The average Bonchev–Trinajstić information content (AvgIpc) is 2.94. The summed E-state index contributed by atoms with van der Waals surface area (Å²) in [5.41, 5.74) is 1.17. The highest BCUT2D eigenvalue weighted by atomic mass is 127. The number of likely N-dealkylation sites (tertiary alicyclic amines) is 1. The van der Waals surface area contributed by atoms with E-state index in [1.54, 1.807) is 0 Å². The second-order valence-electron chi connectivity index (χ2n) is 4.77. The van der Waals surface area contributed by atoms with Crippen LogP contribution in [0, 0.1) is 0 Å². The van der Waals surface area contributed by atoms with E-state index < -0.39 is 0 Å². The highest BCUT2D eigenvalue weighted by molar-refractivity contribution is 14.0. The molecule has 5 heteroatoms. The Balaban J connectivity index is 0.00000200. The van der Waals surface area contributed by atoms with E-state index in [4.69, 9.17) is 16.6 Å². The molecule has 1 aromatic rings. The molecule has 0 atom stereocenters. The predicted molar refractivity (Wildman–Crippen MR) is 97.4 cm³/mol. The van der Waals surface area contributed by atoms with Crippen molar-refractivity contribution >= 4 is 41.5 Å². The van der Waals surface area contributed by atoms with Crippen molar-refractivity contribution < 1.29 is 0 Å². The summed E-state index contributed by atoms with van der Waals surface area (Å²) >= 11 is 6.15. The minimum absolute atomic E-state index is 0. The number of rotatable bonds is 4. The molecule has 1 aromatic carbocycles. The van der Waals surface area contributed by atoms with Crippen LogP contribution in [0.1, 0.15) is 25.3 Å². The molecule has 0 aromatic heterocycles. The van der Waals surface area contributed by atoms with Crippen LogP contribution in [-0.2, 0) is 6.42 Å². The third-order valence-corrected chi connectivity index (χ3v) is 3.71. The standard InChI is InChI=1S/C15H22ClN3.HI/c1-2-17-15(19-11-5-6-12-19)18-10-9-13-7-3-4-8-14(13)16;/h3-4,7-8H,2,5-6,9-12H2,1H3,(H,17,18);1H. The maximum atomic E-state index is 6.15. The van der Waals surface area contributed by atoms with Crippen molar-refractivity contribution in [2.45, 2.75) is 26.2 Å². The van der Waals surface area contributed by atoms with Crippen molar-refractivity contribution in [3.05, 3.63) is 34.9 Å². The zero-order valence-corrected chi connectivity index (χ0v) is 15.0. The summed E-state index contributed by atoms with van der Waals surface area (Å²) in [5.74, 6) is 1.05. The topological polar surface area (TPSA) is 27.6 Å². The Morgan fingerprint density at radius 1 is 1.30 bits per heavy atom. The van der Waals surface area contributed by atoms with Gasteiger partial charge in [-0.15, -0.1) is 24.0 Å². The van der Waals surface area contributed by atoms with Gasteiger partial charge in [-0.05, 0) is 37.8 Å². The Morgan fingerprint density at radius 3 is 2.65 bits per heavy atom. The van der Waals surface area contributed by atoms with Crippen LogP contribution in [0.2, 0.25) is 5.02 Å². The molecule has 0 bridgehead atoms. The first-order valence-corrected chi connectivity index (χ1v) is 7.45. The molecule has 3 nitrogen and oxygen atoms in total. The summed E-state index contributed by atoms with van der Waals surface area (Å²) in [4.78, 5) is 7.05. The van der Waals surface area contributed by atoms with Crippen molar-refractivity contribution in [2.24, 2.45) is 4.99 Å². The zero-order valence-electron chi connectivity index (χ0n) is 11.9. The van der Waals surface area contributed by atoms with Gasteiger partial charge in [0.15, 0.2) is 5.96 Å². The lowest BCUT2D eigenvalue weighted by Crippen LogP contribution is -2.39. The molecule has 20 heavy (non-hydrogen) atoms. The van der Waals surface area contributed by atoms with E-state index in [0.717, 1.165) is 43.6 Å². The molecule has 1 aliphatic heterocycles. The fourth-order valence-corrected chi connectivity index (χ4v) is 2.57. The van der Waals surface area contributed by atoms with E-state index in [2.05, 4.69) is 23.2 Å². The van der Waals surface area contributed by atoms with Gasteiger partial charge in [-0.25, -0.2) is 0 Å². The molecule has 0 saturated carbocycles. The smallest absolute Gasteiger partial charge is 0.193 e. The summed E-state index contributed by atoms with van der Waals surface area (Å²) < 4.78 is 0. The van der Waals surface area contributed by atoms with Crippen LogP contribution in [-0.4, -0.2) is 37.0 Å². The Kier molecular flexibility index (Phi) is 8.30. The monoisotopic (exact) mass is 407 g/mol. The van der Waals surface area contributed by atoms with E-state index >= 15 is 0 Å². The van der Waals surface area contributed by atoms with Crippen molar-refractivity contribution in [1.82, 2.24) is 10.2 Å². The van der Waals surface area contributed by atoms with E-state index in [-0.39, 0.29) is 24.0 Å². The van der Waals surface area contributed by atoms with Gasteiger partial charge in [-0.3, -0.25) is 4.99 Å². The number of guanidine groups is 1. The van der Waals surface area contributed by atoms with Crippen molar-refractivity contribution in [3.8, 4) is 0 Å². The van der Waals surface area contributed by atoms with Crippen molar-refractivity contribution in [2.75, 3.05) is 26.2 Å². The molecule has 1 aliphatic rings. The fraction of sp³-hybridized carbons (Fsp3) is 0.533. The van der Waals surface area contributed by atoms with Gasteiger partial charge in [0, 0.05) is 31.2 Å². The van der Waals surface area contributed by atoms with E-state index in [9.17, 15) is 0 Å². The van der Waals surface area contributed by atoms with Gasteiger partial charge in [-0.2, -0.15) is 0 Å². The molecule has 1 heterocycles. The van der Waals surface area contributed by atoms with E-state index in [1.807, 2.05) is 18.2 Å². The predicted octanol–water partition coefficient (Wildman–Crippen LogP) is 3.56. The Labute approximate surface area is 143 Å². The lowest BCUT2D eigenvalue weighted by Gasteiger charge is -2.20. The number of hydrogen-bond donors (Lipinski definition) is 1. The first kappa shape index (κ1) is 17.6. The first-order chi connectivity index (χ1) is 9.31. The van der Waals surface area contributed by atoms with Gasteiger partial charge >= 0.3 is 0 Å². The second kappa shape index (κ2) is 9.45. The van der Waals surface area contributed by atoms with Crippen molar-refractivity contribution in [1.29, 1.82) is 0 Å². The van der Waals surface area contributed by atoms with Gasteiger partial charge in [0.05, 0.1) is 0 Å². The molecule has 0 spiro atoms. The highest BCUT2D eigenvalue weighted by Crippen LogP contribution is 2.15. The highest BCUT2D eigenvalue weighted by Gasteiger charge is 2.15. The lowest BCUT2D eigenvalue weighted by molar-refractivity contribution is 0.494. The number of benzene rings is 1. The maximum Gasteiger partial charge on any atom is 0.193 e. The Morgan fingerprint density at radius 2 is 2.00 bits per heavy atom. The van der Waals surface area contributed by atoms with Crippen LogP contribution in [0.3, 0.4) is 0 Å². The first-order valence-electron chi connectivity index (χ1n) is 7.08. The maximum absolute atomic E-state index is 6.15. The molecule has 2 rings (SSSR count). The number of nitrogens with one attached hydrogen (secondary N) is 1. The SMILES string of the molecule is CCNC(=NCCc1ccccc1Cl)N1CCCC1.I. The lowest BCUT2D eigenvalue weighted by atomic mass is 10.1. The molecule has 0 aliphatic carbocycles. The molecular formula is C15H23ClIN3. The van der Waals surface area contributed by atoms with Crippen LogP contribution in [0.4, 0.5) is 0 Å². The van der Waals surface area contributed by atoms with Crippen LogP contribution in [0.15, 0.2) is 29.3 Å². The van der Waals surface area contributed by atoms with Crippen LogP contribution >= 0.6 is 35.6 Å². The Hall–Kier alpha value is -0.490. The molecule has 0 radical (unpaired) electrons. The van der Waals surface area contributed by atoms with Crippen LogP contribution in [0.25, 0.3) is 0 Å². The summed E-state index contributed by atoms with van der Waals surface area (Å²) in [6, 6.07) is 7.99. The molecule has 1 fully saturated rings. The van der Waals surface area contributed by atoms with Gasteiger partial charge in [0.25, 0.3) is 0 Å². The molecule has 1 saturated heterocycles. The van der Waals surface area contributed by atoms with Gasteiger partial charge in [-0.1, -0.05) is 29.8 Å². The molecule has 0 amide bonds. The minimum Gasteiger partial charge on any atom is -0.357 e. The number of nitrogens with zero attached hydrogens (tertiary/aromatic N) is 2. The summed E-state index contributed by atoms with van der Waals surface area (Å²) in [6.07, 6.45) is 3.44. The number of hydrogen-bond acceptors (Lipinski definition) is 1. The molecular weight excluding hydrogens is 385 g/mol. The number of aliphatic imine (C=N–C) groups is 1. The van der Waals surface area contributed by atoms with Crippen molar-refractivity contribution in [3.63, 3.8) is 0 Å². The third-order valence-electron chi connectivity index (χ3n) is 3.34. The third kappa shape index (κ3) is 5.13. The minimum atomic E-state index is 0. The molecule has 1 N–H and O–H groups in total. The van der Waals surface area contributed by atoms with E-state index in [0.29, 0.717) is 0 Å². The van der Waals surface area contributed by atoms with Gasteiger partial charge in [0.1, 0.15) is 0 Å². The largest absolute Gasteiger partial charge is 0.357 e. The number of halogens is 2. The second-order valence-corrected chi connectivity index (χ2v) is 5.18. The van der Waals surface area contributed by atoms with Gasteiger partial charge < -0.3 is 10.2 Å². The zero-order chi connectivity index (χ0) is 13.5. The quantitative estimate of drug-likeness (QED) is 0.469. The summed E-state index contributed by atoms with van der Waals surface area (Å²) in [5, 5.41) is 4.21. The normalized spacial score (nSPS) is 15.1. The Bertz CT molecular complexity index is 431.